The number of nitrogens with one attached hydrogen (secondary N) is 1. The van der Waals surface area contributed by atoms with Crippen molar-refractivity contribution >= 4 is 6.09 Å². The third-order valence-corrected chi connectivity index (χ3v) is 2.22. The number of epoxide rings is 1. The molecule has 0 bridgehead atoms. The van der Waals surface area contributed by atoms with E-state index in [1.807, 2.05) is 39.0 Å². The van der Waals surface area contributed by atoms with Gasteiger partial charge in [0.2, 0.25) is 0 Å². The van der Waals surface area contributed by atoms with E-state index < -0.39 is 5.60 Å². The average molecular weight is 265 g/mol. The fraction of sp³-hybridized carbons (Fsp3) is 0.533. The Kier molecular flexibility index (Phi) is 5.83. The summed E-state index contributed by atoms with van der Waals surface area (Å²) >= 11 is 0. The van der Waals surface area contributed by atoms with E-state index >= 15 is 0 Å². The first kappa shape index (κ1) is 15.5. The van der Waals surface area contributed by atoms with E-state index in [0.29, 0.717) is 6.54 Å². The van der Waals surface area contributed by atoms with E-state index in [2.05, 4.69) is 24.4 Å². The summed E-state index contributed by atoms with van der Waals surface area (Å²) in [5, 5.41) is 2.61. The van der Waals surface area contributed by atoms with E-state index in [4.69, 9.17) is 9.47 Å². The van der Waals surface area contributed by atoms with Crippen LogP contribution in [0.3, 0.4) is 0 Å². The van der Waals surface area contributed by atoms with Gasteiger partial charge in [-0.25, -0.2) is 4.79 Å². The molecule has 1 amide bonds. The highest BCUT2D eigenvalue weighted by Crippen LogP contribution is 2.08. The highest BCUT2D eigenvalue weighted by molar-refractivity contribution is 5.67. The molecule has 1 unspecified atom stereocenters. The van der Waals surface area contributed by atoms with Gasteiger partial charge in [-0.3, -0.25) is 0 Å². The Balaban J connectivity index is 0.000000218. The molecule has 19 heavy (non-hydrogen) atoms. The van der Waals surface area contributed by atoms with Crippen LogP contribution in [0.25, 0.3) is 0 Å². The van der Waals surface area contributed by atoms with Gasteiger partial charge in [0.25, 0.3) is 0 Å². The number of carbonyl (C=O) groups excluding carboxylic acids is 1. The Morgan fingerprint density at radius 1 is 1.37 bits per heavy atom. The molecule has 0 saturated carbocycles. The lowest BCUT2D eigenvalue weighted by molar-refractivity contribution is 0.0524. The van der Waals surface area contributed by atoms with Gasteiger partial charge in [0, 0.05) is 6.54 Å². The Bertz CT molecular complexity index is 380. The van der Waals surface area contributed by atoms with Crippen LogP contribution in [0.1, 0.15) is 26.3 Å². The van der Waals surface area contributed by atoms with Crippen molar-refractivity contribution < 1.29 is 14.3 Å². The Labute approximate surface area is 115 Å². The van der Waals surface area contributed by atoms with Crippen molar-refractivity contribution in [2.45, 2.75) is 39.4 Å². The van der Waals surface area contributed by atoms with Crippen LogP contribution in [0.2, 0.25) is 0 Å². The van der Waals surface area contributed by atoms with Crippen LogP contribution in [0, 0.1) is 6.92 Å². The summed E-state index contributed by atoms with van der Waals surface area (Å²) in [5.74, 6) is 0. The second-order valence-corrected chi connectivity index (χ2v) is 5.49. The Hall–Kier alpha value is -1.55. The summed E-state index contributed by atoms with van der Waals surface area (Å²) in [6.07, 6.45) is -0.171. The van der Waals surface area contributed by atoms with E-state index in [0.717, 1.165) is 6.61 Å². The number of alkyl carbamates (subject to hydrolysis) is 1. The SMILES string of the molecule is CC(C)(C)OC(=O)NCC1CO1.Cc1ccccc1. The predicted molar refractivity (Wildman–Crippen MR) is 75.2 cm³/mol. The number of hydrogen-bond acceptors (Lipinski definition) is 3. The van der Waals surface area contributed by atoms with E-state index in [-0.39, 0.29) is 12.2 Å². The molecule has 1 atom stereocenters. The van der Waals surface area contributed by atoms with Gasteiger partial charge in [0.15, 0.2) is 0 Å². The minimum absolute atomic E-state index is 0.206. The molecule has 106 valence electrons. The van der Waals surface area contributed by atoms with E-state index in [9.17, 15) is 4.79 Å². The molecule has 2 rings (SSSR count). The molecule has 4 nitrogen and oxygen atoms in total. The molecule has 1 aliphatic heterocycles. The lowest BCUT2D eigenvalue weighted by atomic mass is 10.2. The van der Waals surface area contributed by atoms with Gasteiger partial charge in [0.05, 0.1) is 12.7 Å². The maximum absolute atomic E-state index is 11.0. The zero-order valence-corrected chi connectivity index (χ0v) is 12.1. The summed E-state index contributed by atoms with van der Waals surface area (Å²) in [4.78, 5) is 11.0. The molecule has 1 aromatic rings. The third kappa shape index (κ3) is 9.08. The number of carbonyl (C=O) groups is 1. The van der Waals surface area contributed by atoms with Crippen molar-refractivity contribution in [1.29, 1.82) is 0 Å². The summed E-state index contributed by atoms with van der Waals surface area (Å²) in [7, 11) is 0. The van der Waals surface area contributed by atoms with Crippen LogP contribution in [0.15, 0.2) is 30.3 Å². The Morgan fingerprint density at radius 3 is 2.32 bits per heavy atom. The van der Waals surface area contributed by atoms with Crippen molar-refractivity contribution in [3.05, 3.63) is 35.9 Å². The van der Waals surface area contributed by atoms with Crippen molar-refractivity contribution in [3.8, 4) is 0 Å². The van der Waals surface area contributed by atoms with E-state index in [1.54, 1.807) is 0 Å². The summed E-state index contributed by atoms with van der Waals surface area (Å²) in [6.45, 7) is 8.88. The molecule has 0 spiro atoms. The van der Waals surface area contributed by atoms with Gasteiger partial charge in [0.1, 0.15) is 5.60 Å². The molecule has 1 heterocycles. The molecule has 0 aliphatic carbocycles. The van der Waals surface area contributed by atoms with Crippen molar-refractivity contribution in [2.24, 2.45) is 0 Å². The van der Waals surface area contributed by atoms with Gasteiger partial charge in [-0.15, -0.1) is 0 Å². The second-order valence-electron chi connectivity index (χ2n) is 5.49. The number of amides is 1. The highest BCUT2D eigenvalue weighted by Gasteiger charge is 2.24. The zero-order chi connectivity index (χ0) is 14.3. The molecule has 1 N–H and O–H groups in total. The largest absolute Gasteiger partial charge is 0.444 e. The quantitative estimate of drug-likeness (QED) is 0.836. The topological polar surface area (TPSA) is 50.9 Å². The van der Waals surface area contributed by atoms with Gasteiger partial charge in [-0.2, -0.15) is 0 Å². The predicted octanol–water partition coefficient (Wildman–Crippen LogP) is 2.90. The van der Waals surface area contributed by atoms with Crippen LogP contribution < -0.4 is 5.32 Å². The third-order valence-electron chi connectivity index (χ3n) is 2.22. The monoisotopic (exact) mass is 265 g/mol. The number of hydrogen-bond donors (Lipinski definition) is 1. The number of benzene rings is 1. The minimum Gasteiger partial charge on any atom is -0.444 e. The van der Waals surface area contributed by atoms with Crippen LogP contribution in [-0.4, -0.2) is 30.9 Å². The summed E-state index contributed by atoms with van der Waals surface area (Å²) < 4.78 is 9.93. The molecule has 1 saturated heterocycles. The smallest absolute Gasteiger partial charge is 0.407 e. The lowest BCUT2D eigenvalue weighted by Crippen LogP contribution is -2.34. The molecule has 4 heteroatoms. The first-order valence-electron chi connectivity index (χ1n) is 6.47. The standard InChI is InChI=1S/C8H15NO3.C7H8/c1-8(2,3)12-7(10)9-4-6-5-11-6;1-7-5-3-2-4-6-7/h6H,4-5H2,1-3H3,(H,9,10);2-6H,1H3. The van der Waals surface area contributed by atoms with Crippen molar-refractivity contribution in [3.63, 3.8) is 0 Å². The molecule has 1 aliphatic rings. The van der Waals surface area contributed by atoms with Crippen molar-refractivity contribution in [1.82, 2.24) is 5.32 Å². The van der Waals surface area contributed by atoms with Gasteiger partial charge >= 0.3 is 6.09 Å². The van der Waals surface area contributed by atoms with Gasteiger partial charge in [-0.05, 0) is 27.7 Å². The van der Waals surface area contributed by atoms with Gasteiger partial charge < -0.3 is 14.8 Å². The number of ether oxygens (including phenoxy) is 2. The molecular formula is C15H23NO3. The zero-order valence-electron chi connectivity index (χ0n) is 12.1. The fourth-order valence-electron chi connectivity index (χ4n) is 1.23. The normalized spacial score (nSPS) is 16.9. The first-order chi connectivity index (χ1) is 8.87. The first-order valence-corrected chi connectivity index (χ1v) is 6.47. The minimum atomic E-state index is -0.422. The van der Waals surface area contributed by atoms with Crippen LogP contribution in [0.5, 0.6) is 0 Å². The summed E-state index contributed by atoms with van der Waals surface area (Å²) in [6, 6.07) is 10.3. The van der Waals surface area contributed by atoms with Crippen LogP contribution in [-0.2, 0) is 9.47 Å². The number of aryl methyl sites for hydroxylation is 1. The molecule has 0 aromatic heterocycles. The molecule has 1 fully saturated rings. The lowest BCUT2D eigenvalue weighted by Gasteiger charge is -2.19. The second kappa shape index (κ2) is 7.14. The van der Waals surface area contributed by atoms with Crippen molar-refractivity contribution in [2.75, 3.05) is 13.2 Å². The molecular weight excluding hydrogens is 242 g/mol. The van der Waals surface area contributed by atoms with Crippen LogP contribution >= 0.6 is 0 Å². The maximum Gasteiger partial charge on any atom is 0.407 e. The Morgan fingerprint density at radius 2 is 1.95 bits per heavy atom. The summed E-state index contributed by atoms with van der Waals surface area (Å²) in [5.41, 5.74) is 0.900. The van der Waals surface area contributed by atoms with Crippen LogP contribution in [0.4, 0.5) is 4.79 Å². The number of rotatable bonds is 2. The average Bonchev–Trinajstić information content (AvgIpc) is 3.10. The molecule has 1 aromatic carbocycles. The van der Waals surface area contributed by atoms with Gasteiger partial charge in [-0.1, -0.05) is 35.9 Å². The molecule has 0 radical (unpaired) electrons. The van der Waals surface area contributed by atoms with E-state index in [1.165, 1.54) is 5.56 Å². The maximum atomic E-state index is 11.0. The highest BCUT2D eigenvalue weighted by atomic mass is 16.6. The fourth-order valence-corrected chi connectivity index (χ4v) is 1.23.